The van der Waals surface area contributed by atoms with Crippen LogP contribution in [0.4, 0.5) is 0 Å². The first-order chi connectivity index (χ1) is 7.28. The van der Waals surface area contributed by atoms with E-state index in [9.17, 15) is 0 Å². The van der Waals surface area contributed by atoms with E-state index in [4.69, 9.17) is 16.7 Å². The van der Waals surface area contributed by atoms with E-state index < -0.39 is 0 Å². The molecule has 2 N–H and O–H groups in total. The van der Waals surface area contributed by atoms with Crippen molar-refractivity contribution in [1.82, 2.24) is 4.98 Å². The van der Waals surface area contributed by atoms with Crippen molar-refractivity contribution in [1.29, 1.82) is 0 Å². The molecule has 0 spiro atoms. The summed E-state index contributed by atoms with van der Waals surface area (Å²) in [5, 5.41) is 10.6. The summed E-state index contributed by atoms with van der Waals surface area (Å²) in [6, 6.07) is 9.59. The van der Waals surface area contributed by atoms with E-state index in [1.54, 1.807) is 18.0 Å². The molecule has 0 bridgehead atoms. The summed E-state index contributed by atoms with van der Waals surface area (Å²) >= 11 is 7.47. The summed E-state index contributed by atoms with van der Waals surface area (Å²) in [4.78, 5) is 4.16. The van der Waals surface area contributed by atoms with Gasteiger partial charge in [0.2, 0.25) is 0 Å². The summed E-state index contributed by atoms with van der Waals surface area (Å²) in [7, 11) is 0. The first-order valence-electron chi connectivity index (χ1n) is 4.49. The Balaban J connectivity index is 2.14. The highest BCUT2D eigenvalue weighted by Gasteiger charge is 2.01. The number of aromatic amines is 1. The molecule has 2 nitrogen and oxygen atoms in total. The number of aliphatic hydroxyl groups is 1. The monoisotopic (exact) mass is 239 g/mol. The molecule has 2 aromatic rings. The molecule has 0 aliphatic carbocycles. The third kappa shape index (κ3) is 2.78. The lowest BCUT2D eigenvalue weighted by molar-refractivity contribution is 0.282. The molecule has 1 aromatic carbocycles. The molecule has 0 aliphatic rings. The molecule has 15 heavy (non-hydrogen) atoms. The van der Waals surface area contributed by atoms with Crippen LogP contribution in [-0.2, 0) is 6.61 Å². The summed E-state index contributed by atoms with van der Waals surface area (Å²) in [5.41, 5.74) is 0.888. The minimum absolute atomic E-state index is 0.0621. The quantitative estimate of drug-likeness (QED) is 0.862. The van der Waals surface area contributed by atoms with Gasteiger partial charge >= 0.3 is 0 Å². The Hall–Kier alpha value is -0.900. The zero-order valence-electron chi connectivity index (χ0n) is 7.90. The first kappa shape index (κ1) is 10.6. The van der Waals surface area contributed by atoms with E-state index in [0.29, 0.717) is 0 Å². The van der Waals surface area contributed by atoms with E-state index >= 15 is 0 Å². The van der Waals surface area contributed by atoms with Gasteiger partial charge in [0.25, 0.3) is 0 Å². The number of benzene rings is 1. The van der Waals surface area contributed by atoms with Crippen LogP contribution < -0.4 is 0 Å². The maximum atomic E-state index is 8.91. The maximum Gasteiger partial charge on any atom is 0.0773 e. The summed E-state index contributed by atoms with van der Waals surface area (Å²) in [6.07, 6.45) is 1.80. The van der Waals surface area contributed by atoms with Crippen LogP contribution in [0.15, 0.2) is 46.5 Å². The number of H-pyrrole nitrogens is 1. The van der Waals surface area contributed by atoms with Crippen molar-refractivity contribution >= 4 is 23.4 Å². The molecule has 0 fully saturated rings. The van der Waals surface area contributed by atoms with Crippen LogP contribution >= 0.6 is 23.4 Å². The number of nitrogens with one attached hydrogen (secondary N) is 1. The summed E-state index contributed by atoms with van der Waals surface area (Å²) in [5.74, 6) is 0. The first-order valence-corrected chi connectivity index (χ1v) is 5.69. The molecule has 0 amide bonds. The van der Waals surface area contributed by atoms with Gasteiger partial charge in [-0.25, -0.2) is 0 Å². The van der Waals surface area contributed by atoms with E-state index in [1.165, 1.54) is 0 Å². The number of hydrogen-bond acceptors (Lipinski definition) is 2. The van der Waals surface area contributed by atoms with Gasteiger partial charge < -0.3 is 10.1 Å². The van der Waals surface area contributed by atoms with Crippen LogP contribution in [0.5, 0.6) is 0 Å². The number of rotatable bonds is 3. The van der Waals surface area contributed by atoms with E-state index in [-0.39, 0.29) is 6.61 Å². The van der Waals surface area contributed by atoms with Crippen molar-refractivity contribution in [2.75, 3.05) is 0 Å². The molecule has 78 valence electrons. The predicted molar refractivity (Wildman–Crippen MR) is 62.3 cm³/mol. The highest BCUT2D eigenvalue weighted by molar-refractivity contribution is 7.99. The highest BCUT2D eigenvalue weighted by Crippen LogP contribution is 2.28. The Morgan fingerprint density at radius 2 is 2.20 bits per heavy atom. The number of aliphatic hydroxyl groups excluding tert-OH is 1. The smallest absolute Gasteiger partial charge is 0.0773 e. The lowest BCUT2D eigenvalue weighted by atomic mass is 10.4. The van der Waals surface area contributed by atoms with E-state index in [0.717, 1.165) is 20.5 Å². The van der Waals surface area contributed by atoms with Gasteiger partial charge in [-0.05, 0) is 29.8 Å². The maximum absolute atomic E-state index is 8.91. The molecule has 4 heteroatoms. The second-order valence-corrected chi connectivity index (χ2v) is 4.64. The van der Waals surface area contributed by atoms with Crippen LogP contribution in [0.3, 0.4) is 0 Å². The molecule has 0 atom stereocenters. The number of halogens is 1. The van der Waals surface area contributed by atoms with Gasteiger partial charge in [-0.1, -0.05) is 29.4 Å². The van der Waals surface area contributed by atoms with Crippen LogP contribution in [0.2, 0.25) is 5.02 Å². The summed E-state index contributed by atoms with van der Waals surface area (Å²) in [6.45, 7) is 0.0621. The van der Waals surface area contributed by atoms with Gasteiger partial charge in [-0.2, -0.15) is 0 Å². The number of aromatic nitrogens is 1. The molecule has 0 saturated heterocycles. The third-order valence-corrected chi connectivity index (χ3v) is 3.10. The molecule has 0 unspecified atom stereocenters. The fourth-order valence-electron chi connectivity index (χ4n) is 1.22. The molecular formula is C11H10ClNOS. The topological polar surface area (TPSA) is 36.0 Å². The molecular weight excluding hydrogens is 230 g/mol. The SMILES string of the molecule is OCc1c[nH]c(Sc2cccc(Cl)c2)c1. The molecule has 0 radical (unpaired) electrons. The van der Waals surface area contributed by atoms with Crippen LogP contribution in [0, 0.1) is 0 Å². The van der Waals surface area contributed by atoms with E-state index in [2.05, 4.69) is 4.98 Å². The molecule has 1 heterocycles. The minimum atomic E-state index is 0.0621. The average molecular weight is 240 g/mol. The largest absolute Gasteiger partial charge is 0.392 e. The van der Waals surface area contributed by atoms with Crippen LogP contribution in [0.25, 0.3) is 0 Å². The second-order valence-electron chi connectivity index (χ2n) is 3.09. The van der Waals surface area contributed by atoms with Gasteiger partial charge in [0.15, 0.2) is 0 Å². The van der Waals surface area contributed by atoms with Crippen molar-refractivity contribution in [2.45, 2.75) is 16.5 Å². The van der Waals surface area contributed by atoms with Gasteiger partial charge in [0, 0.05) is 16.1 Å². The predicted octanol–water partition coefficient (Wildman–Crippen LogP) is 3.31. The second kappa shape index (κ2) is 4.75. The number of hydrogen-bond donors (Lipinski definition) is 2. The Labute approximate surface area is 97.3 Å². The van der Waals surface area contributed by atoms with Gasteiger partial charge in [-0.3, -0.25) is 0 Å². The van der Waals surface area contributed by atoms with Crippen molar-refractivity contribution in [3.8, 4) is 0 Å². The molecule has 1 aromatic heterocycles. The van der Waals surface area contributed by atoms with Gasteiger partial charge in [0.05, 0.1) is 11.6 Å². The highest BCUT2D eigenvalue weighted by atomic mass is 35.5. The standard InChI is InChI=1S/C11H10ClNOS/c12-9-2-1-3-10(5-9)15-11-4-8(7-14)6-13-11/h1-6,13-14H,7H2. The lowest BCUT2D eigenvalue weighted by Gasteiger charge is -1.98. The zero-order valence-corrected chi connectivity index (χ0v) is 9.48. The Kier molecular flexibility index (Phi) is 3.36. The molecule has 0 saturated carbocycles. The minimum Gasteiger partial charge on any atom is -0.392 e. The molecule has 2 rings (SSSR count). The Bertz CT molecular complexity index is 455. The third-order valence-electron chi connectivity index (χ3n) is 1.92. The van der Waals surface area contributed by atoms with Crippen LogP contribution in [0.1, 0.15) is 5.56 Å². The fraction of sp³-hybridized carbons (Fsp3) is 0.0909. The Morgan fingerprint density at radius 3 is 2.87 bits per heavy atom. The summed E-state index contributed by atoms with van der Waals surface area (Å²) < 4.78 is 0. The van der Waals surface area contributed by atoms with Gasteiger partial charge in [-0.15, -0.1) is 0 Å². The normalized spacial score (nSPS) is 10.5. The molecule has 0 aliphatic heterocycles. The zero-order chi connectivity index (χ0) is 10.7. The average Bonchev–Trinajstić information content (AvgIpc) is 2.65. The van der Waals surface area contributed by atoms with Gasteiger partial charge in [0.1, 0.15) is 0 Å². The van der Waals surface area contributed by atoms with E-state index in [1.807, 2.05) is 30.3 Å². The van der Waals surface area contributed by atoms with Crippen LogP contribution in [-0.4, -0.2) is 10.1 Å². The van der Waals surface area contributed by atoms with Crippen molar-refractivity contribution in [3.63, 3.8) is 0 Å². The van der Waals surface area contributed by atoms with Crippen molar-refractivity contribution < 1.29 is 5.11 Å². The van der Waals surface area contributed by atoms with Crippen molar-refractivity contribution in [2.24, 2.45) is 0 Å². The lowest BCUT2D eigenvalue weighted by Crippen LogP contribution is -1.74. The Morgan fingerprint density at radius 1 is 1.33 bits per heavy atom. The van der Waals surface area contributed by atoms with Crippen molar-refractivity contribution in [3.05, 3.63) is 47.1 Å². The fourth-order valence-corrected chi connectivity index (χ4v) is 2.39.